The van der Waals surface area contributed by atoms with Crippen molar-refractivity contribution in [2.75, 3.05) is 13.1 Å². The van der Waals surface area contributed by atoms with E-state index >= 15 is 0 Å². The van der Waals surface area contributed by atoms with Crippen LogP contribution in [0.2, 0.25) is 0 Å². The molecule has 2 N–H and O–H groups in total. The molecule has 1 aromatic rings. The van der Waals surface area contributed by atoms with Gasteiger partial charge in [0.1, 0.15) is 0 Å². The molecule has 150 valence electrons. The number of likely N-dealkylation sites (tertiary alicyclic amines) is 1. The quantitative estimate of drug-likeness (QED) is 0.830. The third kappa shape index (κ3) is 5.02. The third-order valence-corrected chi connectivity index (χ3v) is 5.83. The van der Waals surface area contributed by atoms with Crippen molar-refractivity contribution in [3.05, 3.63) is 17.5 Å². The van der Waals surface area contributed by atoms with Crippen molar-refractivity contribution in [2.45, 2.75) is 83.8 Å². The van der Waals surface area contributed by atoms with E-state index < -0.39 is 0 Å². The molecule has 1 aromatic heterocycles. The minimum absolute atomic E-state index is 0.0556. The molecule has 2 aliphatic rings. The zero-order chi connectivity index (χ0) is 19.2. The topological polar surface area (TPSA) is 79.3 Å². The van der Waals surface area contributed by atoms with E-state index in [-0.39, 0.29) is 18.0 Å². The van der Waals surface area contributed by atoms with Gasteiger partial charge in [0.2, 0.25) is 0 Å². The Balaban J connectivity index is 1.45. The fraction of sp³-hybridized carbons (Fsp3) is 0.750. The Morgan fingerprint density at radius 1 is 1.07 bits per heavy atom. The summed E-state index contributed by atoms with van der Waals surface area (Å²) in [4.78, 5) is 26.9. The van der Waals surface area contributed by atoms with E-state index in [1.165, 1.54) is 19.3 Å². The maximum absolute atomic E-state index is 12.6. The number of amides is 3. The standard InChI is InChI=1S/C20H33N5O2/c1-3-11-25-15(2)18(14-21-25)19(26)22-17-9-12-24(13-10-17)20(27)23-16-7-5-4-6-8-16/h14,16-17H,3-13H2,1-2H3,(H,22,26)(H,23,27). The van der Waals surface area contributed by atoms with Gasteiger partial charge in [0.25, 0.3) is 5.91 Å². The summed E-state index contributed by atoms with van der Waals surface area (Å²) in [5.41, 5.74) is 1.57. The van der Waals surface area contributed by atoms with Crippen LogP contribution in [0.3, 0.4) is 0 Å². The van der Waals surface area contributed by atoms with Crippen LogP contribution in [0.4, 0.5) is 4.79 Å². The Kier molecular flexibility index (Phi) is 6.74. The van der Waals surface area contributed by atoms with Crippen LogP contribution in [-0.2, 0) is 6.54 Å². The van der Waals surface area contributed by atoms with Crippen molar-refractivity contribution in [3.8, 4) is 0 Å². The Morgan fingerprint density at radius 3 is 2.41 bits per heavy atom. The summed E-state index contributed by atoms with van der Waals surface area (Å²) in [5, 5.41) is 10.6. The average Bonchev–Trinajstić information content (AvgIpc) is 3.04. The molecule has 27 heavy (non-hydrogen) atoms. The van der Waals surface area contributed by atoms with Crippen LogP contribution < -0.4 is 10.6 Å². The summed E-state index contributed by atoms with van der Waals surface area (Å²) in [5.74, 6) is -0.0556. The maximum Gasteiger partial charge on any atom is 0.317 e. The Bertz CT molecular complexity index is 643. The van der Waals surface area contributed by atoms with Gasteiger partial charge in [-0.15, -0.1) is 0 Å². The molecule has 7 nitrogen and oxygen atoms in total. The molecule has 7 heteroatoms. The number of aromatic nitrogens is 2. The first-order valence-electron chi connectivity index (χ1n) is 10.5. The second kappa shape index (κ2) is 9.24. The summed E-state index contributed by atoms with van der Waals surface area (Å²) >= 11 is 0. The van der Waals surface area contributed by atoms with Crippen LogP contribution in [0.25, 0.3) is 0 Å². The molecule has 1 aliphatic heterocycles. The predicted octanol–water partition coefficient (Wildman–Crippen LogP) is 2.84. The largest absolute Gasteiger partial charge is 0.349 e. The number of carbonyl (C=O) groups excluding carboxylic acids is 2. The highest BCUT2D eigenvalue weighted by Gasteiger charge is 2.26. The molecule has 0 bridgehead atoms. The first kappa shape index (κ1) is 19.7. The second-order valence-electron chi connectivity index (χ2n) is 7.89. The molecular formula is C20H33N5O2. The van der Waals surface area contributed by atoms with Gasteiger partial charge < -0.3 is 15.5 Å². The van der Waals surface area contributed by atoms with Crippen molar-refractivity contribution >= 4 is 11.9 Å². The van der Waals surface area contributed by atoms with Crippen LogP contribution in [0.15, 0.2) is 6.20 Å². The van der Waals surface area contributed by atoms with Gasteiger partial charge in [-0.2, -0.15) is 5.10 Å². The van der Waals surface area contributed by atoms with E-state index in [4.69, 9.17) is 0 Å². The van der Waals surface area contributed by atoms with E-state index in [1.54, 1.807) is 6.20 Å². The smallest absolute Gasteiger partial charge is 0.317 e. The molecule has 1 aliphatic carbocycles. The van der Waals surface area contributed by atoms with Gasteiger partial charge in [0.15, 0.2) is 0 Å². The number of piperidine rings is 1. The second-order valence-corrected chi connectivity index (χ2v) is 7.89. The number of carbonyl (C=O) groups is 2. The minimum Gasteiger partial charge on any atom is -0.349 e. The SMILES string of the molecule is CCCn1ncc(C(=O)NC2CCN(C(=O)NC3CCCCC3)CC2)c1C. The summed E-state index contributed by atoms with van der Waals surface area (Å²) in [6.45, 7) is 6.25. The maximum atomic E-state index is 12.6. The highest BCUT2D eigenvalue weighted by molar-refractivity contribution is 5.95. The van der Waals surface area contributed by atoms with Crippen LogP contribution in [-0.4, -0.2) is 51.8 Å². The van der Waals surface area contributed by atoms with Gasteiger partial charge in [-0.3, -0.25) is 9.48 Å². The summed E-state index contributed by atoms with van der Waals surface area (Å²) < 4.78 is 1.88. The first-order chi connectivity index (χ1) is 13.1. The number of nitrogens with zero attached hydrogens (tertiary/aromatic N) is 3. The fourth-order valence-electron chi connectivity index (χ4n) is 4.11. The minimum atomic E-state index is -0.0556. The Hall–Kier alpha value is -2.05. The third-order valence-electron chi connectivity index (χ3n) is 5.83. The van der Waals surface area contributed by atoms with E-state index in [2.05, 4.69) is 22.7 Å². The van der Waals surface area contributed by atoms with Crippen molar-refractivity contribution in [3.63, 3.8) is 0 Å². The molecule has 1 saturated heterocycles. The predicted molar refractivity (Wildman–Crippen MR) is 105 cm³/mol. The Morgan fingerprint density at radius 2 is 1.74 bits per heavy atom. The number of aryl methyl sites for hydroxylation is 1. The number of hydrogen-bond acceptors (Lipinski definition) is 3. The number of hydrogen-bond donors (Lipinski definition) is 2. The molecule has 0 radical (unpaired) electrons. The van der Waals surface area contributed by atoms with Crippen LogP contribution in [0, 0.1) is 6.92 Å². The van der Waals surface area contributed by atoms with Crippen molar-refractivity contribution < 1.29 is 9.59 Å². The van der Waals surface area contributed by atoms with E-state index in [9.17, 15) is 9.59 Å². The van der Waals surface area contributed by atoms with Crippen LogP contribution in [0.1, 0.15) is 74.3 Å². The fourth-order valence-corrected chi connectivity index (χ4v) is 4.11. The number of urea groups is 1. The first-order valence-corrected chi connectivity index (χ1v) is 10.5. The average molecular weight is 376 g/mol. The lowest BCUT2D eigenvalue weighted by molar-refractivity contribution is 0.0916. The summed E-state index contributed by atoms with van der Waals surface area (Å²) in [6, 6.07) is 0.514. The lowest BCUT2D eigenvalue weighted by atomic mass is 9.95. The van der Waals surface area contributed by atoms with Gasteiger partial charge in [0.05, 0.1) is 11.8 Å². The highest BCUT2D eigenvalue weighted by Crippen LogP contribution is 2.18. The Labute approximate surface area is 161 Å². The normalized spacial score (nSPS) is 19.1. The monoisotopic (exact) mass is 375 g/mol. The molecule has 2 fully saturated rings. The molecule has 2 heterocycles. The van der Waals surface area contributed by atoms with E-state index in [0.717, 1.165) is 44.3 Å². The molecule has 0 unspecified atom stereocenters. The molecule has 0 atom stereocenters. The molecule has 3 amide bonds. The highest BCUT2D eigenvalue weighted by atomic mass is 16.2. The van der Waals surface area contributed by atoms with E-state index in [1.807, 2.05) is 16.5 Å². The zero-order valence-corrected chi connectivity index (χ0v) is 16.7. The summed E-state index contributed by atoms with van der Waals surface area (Å²) in [6.07, 6.45) is 10.2. The van der Waals surface area contributed by atoms with Gasteiger partial charge in [-0.05, 0) is 39.0 Å². The van der Waals surface area contributed by atoms with Crippen molar-refractivity contribution in [1.82, 2.24) is 25.3 Å². The van der Waals surface area contributed by atoms with Gasteiger partial charge in [0, 0.05) is 37.4 Å². The molecule has 3 rings (SSSR count). The molecule has 0 spiro atoms. The van der Waals surface area contributed by atoms with Gasteiger partial charge >= 0.3 is 6.03 Å². The summed E-state index contributed by atoms with van der Waals surface area (Å²) in [7, 11) is 0. The van der Waals surface area contributed by atoms with Gasteiger partial charge in [-0.1, -0.05) is 26.2 Å². The van der Waals surface area contributed by atoms with Crippen LogP contribution >= 0.6 is 0 Å². The molecule has 0 aromatic carbocycles. The molecule has 1 saturated carbocycles. The number of rotatable bonds is 5. The van der Waals surface area contributed by atoms with Crippen molar-refractivity contribution in [2.24, 2.45) is 0 Å². The van der Waals surface area contributed by atoms with E-state index in [0.29, 0.717) is 24.7 Å². The van der Waals surface area contributed by atoms with Crippen molar-refractivity contribution in [1.29, 1.82) is 0 Å². The van der Waals surface area contributed by atoms with Crippen LogP contribution in [0.5, 0.6) is 0 Å². The zero-order valence-electron chi connectivity index (χ0n) is 16.7. The lowest BCUT2D eigenvalue weighted by Crippen LogP contribution is -2.51. The van der Waals surface area contributed by atoms with Gasteiger partial charge in [-0.25, -0.2) is 4.79 Å². The molecular weight excluding hydrogens is 342 g/mol. The number of nitrogens with one attached hydrogen (secondary N) is 2. The lowest BCUT2D eigenvalue weighted by Gasteiger charge is -2.34.